The van der Waals surface area contributed by atoms with Crippen LogP contribution in [0.1, 0.15) is 38.2 Å². The van der Waals surface area contributed by atoms with Gasteiger partial charge in [-0.2, -0.15) is 0 Å². The monoisotopic (exact) mass is 390 g/mol. The molecule has 8 heteroatoms. The summed E-state index contributed by atoms with van der Waals surface area (Å²) in [6.07, 6.45) is 0.808. The number of carbonyl (C=O) groups excluding carboxylic acids is 3. The lowest BCUT2D eigenvalue weighted by Gasteiger charge is -2.26. The lowest BCUT2D eigenvalue weighted by molar-refractivity contribution is -0.165. The largest absolute Gasteiger partial charge is 0.445 e. The Labute approximate surface area is 164 Å². The molecule has 1 aromatic rings. The first-order chi connectivity index (χ1) is 13.6. The second kappa shape index (κ2) is 9.54. The van der Waals surface area contributed by atoms with Crippen molar-refractivity contribution in [3.05, 3.63) is 35.9 Å². The summed E-state index contributed by atoms with van der Waals surface area (Å²) in [6, 6.07) is 8.21. The molecule has 2 saturated heterocycles. The predicted octanol–water partition coefficient (Wildman–Crippen LogP) is 1.97. The molecule has 28 heavy (non-hydrogen) atoms. The summed E-state index contributed by atoms with van der Waals surface area (Å²) < 4.78 is 16.0. The van der Waals surface area contributed by atoms with Crippen LogP contribution in [0.4, 0.5) is 4.79 Å². The third kappa shape index (κ3) is 5.01. The normalized spacial score (nSPS) is 24.1. The highest BCUT2D eigenvalue weighted by Crippen LogP contribution is 2.22. The Morgan fingerprint density at radius 3 is 2.82 bits per heavy atom. The summed E-state index contributed by atoms with van der Waals surface area (Å²) in [5.74, 6) is -0.723. The first kappa shape index (κ1) is 20.1. The lowest BCUT2D eigenvalue weighted by Crippen LogP contribution is -2.51. The second-order valence-corrected chi connectivity index (χ2v) is 6.94. The molecule has 0 bridgehead atoms. The van der Waals surface area contributed by atoms with E-state index < -0.39 is 30.4 Å². The van der Waals surface area contributed by atoms with Gasteiger partial charge in [-0.3, -0.25) is 14.5 Å². The molecule has 8 nitrogen and oxygen atoms in total. The number of amides is 2. The molecule has 2 fully saturated rings. The molecule has 3 rings (SSSR count). The summed E-state index contributed by atoms with van der Waals surface area (Å²) in [7, 11) is 0. The molecule has 2 aliphatic heterocycles. The van der Waals surface area contributed by atoms with E-state index >= 15 is 0 Å². The van der Waals surface area contributed by atoms with Crippen LogP contribution in [-0.4, -0.2) is 54.4 Å². The minimum absolute atomic E-state index is 0.0608. The quantitative estimate of drug-likeness (QED) is 0.716. The first-order valence-corrected chi connectivity index (χ1v) is 9.67. The maximum absolute atomic E-state index is 12.7. The molecular formula is C20H26N2O6. The maximum Gasteiger partial charge on any atom is 0.410 e. The van der Waals surface area contributed by atoms with Gasteiger partial charge in [0.05, 0.1) is 13.0 Å². The van der Waals surface area contributed by atoms with Gasteiger partial charge in [-0.05, 0) is 24.8 Å². The van der Waals surface area contributed by atoms with E-state index in [9.17, 15) is 14.4 Å². The van der Waals surface area contributed by atoms with Gasteiger partial charge in [-0.1, -0.05) is 37.3 Å². The van der Waals surface area contributed by atoms with Gasteiger partial charge in [0, 0.05) is 6.54 Å². The van der Waals surface area contributed by atoms with Gasteiger partial charge in [0.1, 0.15) is 18.7 Å². The summed E-state index contributed by atoms with van der Waals surface area (Å²) in [5, 5.41) is 2.81. The summed E-state index contributed by atoms with van der Waals surface area (Å²) >= 11 is 0. The third-order valence-electron chi connectivity index (χ3n) is 4.77. The Morgan fingerprint density at radius 2 is 2.07 bits per heavy atom. The van der Waals surface area contributed by atoms with Crippen molar-refractivity contribution in [3.63, 3.8) is 0 Å². The van der Waals surface area contributed by atoms with Crippen molar-refractivity contribution in [2.75, 3.05) is 13.2 Å². The standard InChI is InChI=1S/C20H26N2O6/c1-2-11-26-19-15(12-17(23)28-19)21-18(24)16-9-6-10-22(16)20(25)27-13-14-7-4-3-5-8-14/h3-5,7-8,15-16,19H,2,6,9-13H2,1H3,(H,21,24)/t15-,16-,19?/m0/s1. The van der Waals surface area contributed by atoms with Crippen molar-refractivity contribution in [1.29, 1.82) is 0 Å². The molecule has 0 spiro atoms. The molecular weight excluding hydrogens is 364 g/mol. The number of rotatable bonds is 7. The number of nitrogens with one attached hydrogen (secondary N) is 1. The van der Waals surface area contributed by atoms with Crippen molar-refractivity contribution in [2.45, 2.75) is 57.6 Å². The molecule has 2 heterocycles. The molecule has 2 amide bonds. The van der Waals surface area contributed by atoms with Crippen LogP contribution < -0.4 is 5.32 Å². The van der Waals surface area contributed by atoms with E-state index in [0.717, 1.165) is 12.0 Å². The highest BCUT2D eigenvalue weighted by Gasteiger charge is 2.41. The van der Waals surface area contributed by atoms with Gasteiger partial charge in [0.2, 0.25) is 12.2 Å². The number of benzene rings is 1. The van der Waals surface area contributed by atoms with Crippen LogP contribution in [0, 0.1) is 0 Å². The number of nitrogens with zero attached hydrogens (tertiary/aromatic N) is 1. The van der Waals surface area contributed by atoms with Crippen molar-refractivity contribution in [1.82, 2.24) is 10.2 Å². The fraction of sp³-hybridized carbons (Fsp3) is 0.550. The van der Waals surface area contributed by atoms with Crippen LogP contribution >= 0.6 is 0 Å². The van der Waals surface area contributed by atoms with E-state index in [4.69, 9.17) is 14.2 Å². The number of ether oxygens (including phenoxy) is 3. The number of carbonyl (C=O) groups is 3. The van der Waals surface area contributed by atoms with Gasteiger partial charge >= 0.3 is 12.1 Å². The lowest BCUT2D eigenvalue weighted by atomic mass is 10.1. The Balaban J connectivity index is 1.54. The van der Waals surface area contributed by atoms with Crippen molar-refractivity contribution >= 4 is 18.0 Å². The van der Waals surface area contributed by atoms with Crippen LogP contribution in [0.3, 0.4) is 0 Å². The second-order valence-electron chi connectivity index (χ2n) is 6.94. The zero-order chi connectivity index (χ0) is 19.9. The fourth-order valence-electron chi connectivity index (χ4n) is 3.38. The van der Waals surface area contributed by atoms with Crippen LogP contribution in [-0.2, 0) is 30.4 Å². The highest BCUT2D eigenvalue weighted by molar-refractivity contribution is 5.87. The molecule has 1 aromatic carbocycles. The fourth-order valence-corrected chi connectivity index (χ4v) is 3.38. The van der Waals surface area contributed by atoms with E-state index in [0.29, 0.717) is 26.0 Å². The number of likely N-dealkylation sites (tertiary alicyclic amines) is 1. The van der Waals surface area contributed by atoms with Crippen molar-refractivity contribution in [2.24, 2.45) is 0 Å². The minimum atomic E-state index is -0.781. The Hall–Kier alpha value is -2.61. The zero-order valence-electron chi connectivity index (χ0n) is 16.0. The summed E-state index contributed by atoms with van der Waals surface area (Å²) in [6.45, 7) is 3.00. The van der Waals surface area contributed by atoms with Crippen LogP contribution in [0.15, 0.2) is 30.3 Å². The molecule has 1 unspecified atom stereocenters. The minimum Gasteiger partial charge on any atom is -0.445 e. The van der Waals surface area contributed by atoms with E-state index in [2.05, 4.69) is 5.32 Å². The SMILES string of the molecule is CCCOC1OC(=O)C[C@@H]1NC(=O)[C@@H]1CCCN1C(=O)OCc1ccccc1. The number of hydrogen-bond acceptors (Lipinski definition) is 6. The highest BCUT2D eigenvalue weighted by atomic mass is 16.7. The molecule has 2 aliphatic rings. The maximum atomic E-state index is 12.7. The predicted molar refractivity (Wildman–Crippen MR) is 99.0 cm³/mol. The van der Waals surface area contributed by atoms with Gasteiger partial charge in [0.15, 0.2) is 0 Å². The average Bonchev–Trinajstić information content (AvgIpc) is 3.32. The third-order valence-corrected chi connectivity index (χ3v) is 4.77. The van der Waals surface area contributed by atoms with E-state index in [1.807, 2.05) is 37.3 Å². The van der Waals surface area contributed by atoms with Gasteiger partial charge in [-0.25, -0.2) is 4.79 Å². The van der Waals surface area contributed by atoms with Crippen molar-refractivity contribution < 1.29 is 28.6 Å². The molecule has 1 N–H and O–H groups in total. The number of cyclic esters (lactones) is 1. The van der Waals surface area contributed by atoms with E-state index in [1.165, 1.54) is 4.90 Å². The number of esters is 1. The van der Waals surface area contributed by atoms with Gasteiger partial charge in [0.25, 0.3) is 0 Å². The Bertz CT molecular complexity index is 695. The topological polar surface area (TPSA) is 94.2 Å². The Morgan fingerprint density at radius 1 is 1.29 bits per heavy atom. The summed E-state index contributed by atoms with van der Waals surface area (Å²) in [4.78, 5) is 38.2. The van der Waals surface area contributed by atoms with Gasteiger partial charge < -0.3 is 19.5 Å². The van der Waals surface area contributed by atoms with Crippen LogP contribution in [0.25, 0.3) is 0 Å². The molecule has 0 aromatic heterocycles. The average molecular weight is 390 g/mol. The molecule has 0 radical (unpaired) electrons. The smallest absolute Gasteiger partial charge is 0.410 e. The zero-order valence-corrected chi connectivity index (χ0v) is 16.0. The molecule has 3 atom stereocenters. The van der Waals surface area contributed by atoms with Crippen LogP contribution in [0.2, 0.25) is 0 Å². The van der Waals surface area contributed by atoms with Crippen LogP contribution in [0.5, 0.6) is 0 Å². The molecule has 152 valence electrons. The Kier molecular flexibility index (Phi) is 6.86. The summed E-state index contributed by atoms with van der Waals surface area (Å²) in [5.41, 5.74) is 0.883. The molecule has 0 aliphatic carbocycles. The van der Waals surface area contributed by atoms with E-state index in [-0.39, 0.29) is 18.9 Å². The molecule has 0 saturated carbocycles. The first-order valence-electron chi connectivity index (χ1n) is 9.67. The van der Waals surface area contributed by atoms with Gasteiger partial charge in [-0.15, -0.1) is 0 Å². The van der Waals surface area contributed by atoms with Crippen molar-refractivity contribution in [3.8, 4) is 0 Å². The number of hydrogen-bond donors (Lipinski definition) is 1. The van der Waals surface area contributed by atoms with E-state index in [1.54, 1.807) is 0 Å².